The van der Waals surface area contributed by atoms with Gasteiger partial charge in [-0.3, -0.25) is 0 Å². The van der Waals surface area contributed by atoms with Crippen molar-refractivity contribution in [2.24, 2.45) is 0 Å². The minimum absolute atomic E-state index is 0.115. The van der Waals surface area contributed by atoms with Gasteiger partial charge >= 0.3 is 0 Å². The topological polar surface area (TPSA) is 59.2 Å². The lowest BCUT2D eigenvalue weighted by atomic mass is 10.1. The molecule has 1 N–H and O–H groups in total. The maximum atomic E-state index is 13.3. The highest BCUT2D eigenvalue weighted by Crippen LogP contribution is 2.26. The number of aromatic nitrogens is 2. The summed E-state index contributed by atoms with van der Waals surface area (Å²) < 4.78 is 18.5. The molecule has 0 aliphatic heterocycles. The van der Waals surface area contributed by atoms with E-state index in [1.807, 2.05) is 6.92 Å². The fraction of sp³-hybridized carbons (Fsp3) is 0.0667. The summed E-state index contributed by atoms with van der Waals surface area (Å²) >= 11 is 0. The first-order valence-corrected chi connectivity index (χ1v) is 6.03. The zero-order valence-corrected chi connectivity index (χ0v) is 10.7. The number of phenolic OH excluding ortho intramolecular Hbond substituents is 1. The average molecular weight is 270 g/mol. The molecule has 20 heavy (non-hydrogen) atoms. The minimum Gasteiger partial charge on any atom is -0.508 e. The summed E-state index contributed by atoms with van der Waals surface area (Å²) in [5.41, 5.74) is 2.05. The van der Waals surface area contributed by atoms with E-state index in [9.17, 15) is 9.50 Å². The number of hydrogen-bond acceptors (Lipinski definition) is 4. The molecule has 0 aliphatic rings. The van der Waals surface area contributed by atoms with Crippen LogP contribution in [-0.4, -0.2) is 15.2 Å². The summed E-state index contributed by atoms with van der Waals surface area (Å²) in [6.45, 7) is 1.85. The van der Waals surface area contributed by atoms with Gasteiger partial charge in [0.2, 0.25) is 5.82 Å². The summed E-state index contributed by atoms with van der Waals surface area (Å²) in [5, 5.41) is 13.3. The summed E-state index contributed by atoms with van der Waals surface area (Å²) in [7, 11) is 0. The van der Waals surface area contributed by atoms with Gasteiger partial charge in [0.05, 0.1) is 0 Å². The van der Waals surface area contributed by atoms with E-state index in [1.165, 1.54) is 18.2 Å². The molecule has 0 fully saturated rings. The number of aromatic hydroxyl groups is 1. The van der Waals surface area contributed by atoms with Gasteiger partial charge in [-0.1, -0.05) is 17.3 Å². The smallest absolute Gasteiger partial charge is 0.258 e. The van der Waals surface area contributed by atoms with Crippen molar-refractivity contribution < 1.29 is 14.0 Å². The van der Waals surface area contributed by atoms with Crippen molar-refractivity contribution in [1.29, 1.82) is 0 Å². The minimum atomic E-state index is -0.352. The second-order valence-electron chi connectivity index (χ2n) is 4.43. The third-order valence-electron chi connectivity index (χ3n) is 2.96. The van der Waals surface area contributed by atoms with Crippen molar-refractivity contribution >= 4 is 0 Å². The number of benzene rings is 2. The average Bonchev–Trinajstić information content (AvgIpc) is 2.91. The number of aryl methyl sites for hydroxylation is 1. The summed E-state index contributed by atoms with van der Waals surface area (Å²) in [6, 6.07) is 10.9. The molecule has 0 saturated heterocycles. The van der Waals surface area contributed by atoms with Crippen LogP contribution in [0.4, 0.5) is 4.39 Å². The van der Waals surface area contributed by atoms with Crippen LogP contribution < -0.4 is 0 Å². The van der Waals surface area contributed by atoms with Crippen molar-refractivity contribution in [2.45, 2.75) is 6.92 Å². The Labute approximate surface area is 114 Å². The van der Waals surface area contributed by atoms with Gasteiger partial charge < -0.3 is 9.63 Å². The van der Waals surface area contributed by atoms with Gasteiger partial charge in [-0.2, -0.15) is 4.98 Å². The van der Waals surface area contributed by atoms with Crippen molar-refractivity contribution in [3.05, 3.63) is 53.8 Å². The Balaban J connectivity index is 2.04. The summed E-state index contributed by atoms with van der Waals surface area (Å²) in [6.07, 6.45) is 0. The molecule has 1 aromatic heterocycles. The standard InChI is InChI=1S/C15H11FN2O2/c1-9-5-6-11(16)8-13(9)14-17-15(20-18-14)10-3-2-4-12(19)7-10/h2-8,19H,1H3. The Morgan fingerprint density at radius 2 is 2.00 bits per heavy atom. The van der Waals surface area contributed by atoms with Crippen LogP contribution in [0.2, 0.25) is 0 Å². The third-order valence-corrected chi connectivity index (χ3v) is 2.96. The molecule has 100 valence electrons. The molecule has 0 atom stereocenters. The van der Waals surface area contributed by atoms with Crippen LogP contribution in [0.15, 0.2) is 47.0 Å². The van der Waals surface area contributed by atoms with E-state index in [4.69, 9.17) is 4.52 Å². The zero-order valence-electron chi connectivity index (χ0n) is 10.7. The number of nitrogens with zero attached hydrogens (tertiary/aromatic N) is 2. The van der Waals surface area contributed by atoms with Crippen LogP contribution >= 0.6 is 0 Å². The van der Waals surface area contributed by atoms with E-state index >= 15 is 0 Å². The van der Waals surface area contributed by atoms with Gasteiger partial charge in [-0.15, -0.1) is 0 Å². The highest BCUT2D eigenvalue weighted by atomic mass is 19.1. The summed E-state index contributed by atoms with van der Waals surface area (Å²) in [5.74, 6) is 0.360. The van der Waals surface area contributed by atoms with Gasteiger partial charge in [-0.05, 0) is 42.8 Å². The number of halogens is 1. The normalized spacial score (nSPS) is 10.7. The fourth-order valence-electron chi connectivity index (χ4n) is 1.92. The molecular formula is C15H11FN2O2. The van der Waals surface area contributed by atoms with Crippen LogP contribution in [0, 0.1) is 12.7 Å². The molecule has 3 rings (SSSR count). The van der Waals surface area contributed by atoms with E-state index in [1.54, 1.807) is 24.3 Å². The van der Waals surface area contributed by atoms with Crippen molar-refractivity contribution in [2.75, 3.05) is 0 Å². The maximum Gasteiger partial charge on any atom is 0.258 e. The molecular weight excluding hydrogens is 259 g/mol. The molecule has 0 bridgehead atoms. The zero-order chi connectivity index (χ0) is 14.1. The van der Waals surface area contributed by atoms with E-state index in [0.717, 1.165) is 5.56 Å². The van der Waals surface area contributed by atoms with Crippen molar-refractivity contribution in [3.8, 4) is 28.6 Å². The second-order valence-corrected chi connectivity index (χ2v) is 4.43. The van der Waals surface area contributed by atoms with Gasteiger partial charge in [0, 0.05) is 11.1 Å². The molecule has 4 nitrogen and oxygen atoms in total. The molecule has 0 spiro atoms. The van der Waals surface area contributed by atoms with Gasteiger partial charge in [0.1, 0.15) is 11.6 Å². The molecule has 2 aromatic carbocycles. The molecule has 0 radical (unpaired) electrons. The van der Waals surface area contributed by atoms with Crippen LogP contribution in [0.1, 0.15) is 5.56 Å². The monoisotopic (exact) mass is 270 g/mol. The quantitative estimate of drug-likeness (QED) is 0.773. The lowest BCUT2D eigenvalue weighted by molar-refractivity contribution is 0.431. The first-order valence-electron chi connectivity index (χ1n) is 6.03. The Morgan fingerprint density at radius 3 is 2.80 bits per heavy atom. The molecule has 0 saturated carbocycles. The highest BCUT2D eigenvalue weighted by Gasteiger charge is 2.13. The molecule has 1 heterocycles. The first-order chi connectivity index (χ1) is 9.63. The molecule has 0 amide bonds. The Bertz CT molecular complexity index is 768. The molecule has 5 heteroatoms. The molecule has 3 aromatic rings. The van der Waals surface area contributed by atoms with E-state index in [-0.39, 0.29) is 17.5 Å². The lowest BCUT2D eigenvalue weighted by Crippen LogP contribution is -1.87. The Hall–Kier alpha value is -2.69. The number of phenols is 1. The lowest BCUT2D eigenvalue weighted by Gasteiger charge is -1.99. The first kappa shape index (κ1) is 12.3. The Kier molecular flexibility index (Phi) is 2.95. The fourth-order valence-corrected chi connectivity index (χ4v) is 1.92. The summed E-state index contributed by atoms with van der Waals surface area (Å²) in [4.78, 5) is 4.24. The van der Waals surface area contributed by atoms with Crippen LogP contribution in [0.5, 0.6) is 5.75 Å². The van der Waals surface area contributed by atoms with Crippen molar-refractivity contribution in [1.82, 2.24) is 10.1 Å². The number of hydrogen-bond donors (Lipinski definition) is 1. The number of rotatable bonds is 2. The van der Waals surface area contributed by atoms with E-state index < -0.39 is 0 Å². The van der Waals surface area contributed by atoms with Gasteiger partial charge in [0.15, 0.2) is 0 Å². The SMILES string of the molecule is Cc1ccc(F)cc1-c1noc(-c2cccc(O)c2)n1. The predicted octanol–water partition coefficient (Wildman–Crippen LogP) is 3.56. The van der Waals surface area contributed by atoms with E-state index in [2.05, 4.69) is 10.1 Å². The van der Waals surface area contributed by atoms with Crippen LogP contribution in [0.3, 0.4) is 0 Å². The highest BCUT2D eigenvalue weighted by molar-refractivity contribution is 5.63. The van der Waals surface area contributed by atoms with Crippen LogP contribution in [-0.2, 0) is 0 Å². The third kappa shape index (κ3) is 2.25. The van der Waals surface area contributed by atoms with Gasteiger partial charge in [0.25, 0.3) is 5.89 Å². The maximum absolute atomic E-state index is 13.3. The van der Waals surface area contributed by atoms with E-state index in [0.29, 0.717) is 17.0 Å². The molecule has 0 aliphatic carbocycles. The van der Waals surface area contributed by atoms with Crippen molar-refractivity contribution in [3.63, 3.8) is 0 Å². The van der Waals surface area contributed by atoms with Crippen LogP contribution in [0.25, 0.3) is 22.8 Å². The Morgan fingerprint density at radius 1 is 1.15 bits per heavy atom. The van der Waals surface area contributed by atoms with Gasteiger partial charge in [-0.25, -0.2) is 4.39 Å². The molecule has 0 unspecified atom stereocenters. The predicted molar refractivity (Wildman–Crippen MR) is 71.5 cm³/mol. The largest absolute Gasteiger partial charge is 0.508 e. The second kappa shape index (κ2) is 4.77.